The minimum absolute atomic E-state index is 0.212. The largest absolute Gasteiger partial charge is 0.397 e. The Kier molecular flexibility index (Phi) is 4.06. The van der Waals surface area contributed by atoms with Crippen LogP contribution >= 0.6 is 22.6 Å². The minimum Gasteiger partial charge on any atom is -0.397 e. The smallest absolute Gasteiger partial charge is 0.123 e. The van der Waals surface area contributed by atoms with E-state index in [9.17, 15) is 4.39 Å². The van der Waals surface area contributed by atoms with Crippen molar-refractivity contribution >= 4 is 34.0 Å². The van der Waals surface area contributed by atoms with E-state index < -0.39 is 0 Å². The predicted molar refractivity (Wildman–Crippen MR) is 82.1 cm³/mol. The third kappa shape index (κ3) is 3.13. The average Bonchev–Trinajstić information content (AvgIpc) is 2.28. The van der Waals surface area contributed by atoms with Crippen LogP contribution in [0.5, 0.6) is 0 Å². The van der Waals surface area contributed by atoms with Gasteiger partial charge in [0.05, 0.1) is 11.4 Å². The van der Waals surface area contributed by atoms with Gasteiger partial charge in [-0.1, -0.05) is 12.1 Å². The van der Waals surface area contributed by atoms with Gasteiger partial charge in [0, 0.05) is 17.2 Å². The SMILES string of the molecule is CN(Cc1cccc(F)c1)c1ccc(I)cc1N. The van der Waals surface area contributed by atoms with Crippen LogP contribution in [0.2, 0.25) is 0 Å². The van der Waals surface area contributed by atoms with Crippen molar-refractivity contribution in [2.75, 3.05) is 17.7 Å². The van der Waals surface area contributed by atoms with Crippen LogP contribution in [-0.4, -0.2) is 7.05 Å². The van der Waals surface area contributed by atoms with Crippen LogP contribution in [0.15, 0.2) is 42.5 Å². The lowest BCUT2D eigenvalue weighted by Crippen LogP contribution is -2.17. The highest BCUT2D eigenvalue weighted by Crippen LogP contribution is 2.25. The van der Waals surface area contributed by atoms with E-state index in [0.29, 0.717) is 6.54 Å². The third-order valence-corrected chi connectivity index (χ3v) is 3.38. The molecule has 0 saturated carbocycles. The molecule has 0 aromatic heterocycles. The maximum atomic E-state index is 13.1. The lowest BCUT2D eigenvalue weighted by atomic mass is 10.2. The van der Waals surface area contributed by atoms with E-state index in [4.69, 9.17) is 5.73 Å². The molecule has 0 aliphatic heterocycles. The zero-order valence-corrected chi connectivity index (χ0v) is 12.2. The van der Waals surface area contributed by atoms with E-state index in [1.54, 1.807) is 12.1 Å². The highest BCUT2D eigenvalue weighted by molar-refractivity contribution is 14.1. The Hall–Kier alpha value is -1.30. The molecule has 0 amide bonds. The lowest BCUT2D eigenvalue weighted by molar-refractivity contribution is 0.625. The van der Waals surface area contributed by atoms with Crippen molar-refractivity contribution in [3.63, 3.8) is 0 Å². The topological polar surface area (TPSA) is 29.3 Å². The van der Waals surface area contributed by atoms with E-state index in [1.807, 2.05) is 36.2 Å². The van der Waals surface area contributed by atoms with Crippen LogP contribution in [0, 0.1) is 9.39 Å². The van der Waals surface area contributed by atoms with E-state index in [1.165, 1.54) is 6.07 Å². The molecule has 0 bridgehead atoms. The fourth-order valence-electron chi connectivity index (χ4n) is 1.87. The van der Waals surface area contributed by atoms with E-state index >= 15 is 0 Å². The molecule has 2 nitrogen and oxygen atoms in total. The molecule has 2 rings (SSSR count). The summed E-state index contributed by atoms with van der Waals surface area (Å²) in [7, 11) is 1.95. The maximum absolute atomic E-state index is 13.1. The first-order valence-electron chi connectivity index (χ1n) is 5.57. The van der Waals surface area contributed by atoms with Crippen molar-refractivity contribution in [2.45, 2.75) is 6.54 Å². The van der Waals surface area contributed by atoms with Crippen molar-refractivity contribution < 1.29 is 4.39 Å². The first-order chi connectivity index (χ1) is 8.56. The summed E-state index contributed by atoms with van der Waals surface area (Å²) in [5.74, 6) is -0.212. The van der Waals surface area contributed by atoms with E-state index in [-0.39, 0.29) is 5.82 Å². The van der Waals surface area contributed by atoms with Crippen LogP contribution in [0.3, 0.4) is 0 Å². The molecular weight excluding hydrogens is 342 g/mol. The molecule has 0 fully saturated rings. The summed E-state index contributed by atoms with van der Waals surface area (Å²) in [6, 6.07) is 12.5. The van der Waals surface area contributed by atoms with Gasteiger partial charge >= 0.3 is 0 Å². The number of rotatable bonds is 3. The van der Waals surface area contributed by atoms with Crippen LogP contribution < -0.4 is 10.6 Å². The maximum Gasteiger partial charge on any atom is 0.123 e. The fourth-order valence-corrected chi connectivity index (χ4v) is 2.38. The molecule has 4 heteroatoms. The summed E-state index contributed by atoms with van der Waals surface area (Å²) in [6.45, 7) is 0.628. The molecule has 0 heterocycles. The highest BCUT2D eigenvalue weighted by Gasteiger charge is 2.06. The van der Waals surface area contributed by atoms with Gasteiger partial charge in [0.1, 0.15) is 5.82 Å². The van der Waals surface area contributed by atoms with Crippen molar-refractivity contribution in [1.29, 1.82) is 0 Å². The predicted octanol–water partition coefficient (Wildman–Crippen LogP) is 3.65. The zero-order valence-electron chi connectivity index (χ0n) is 10.0. The summed E-state index contributed by atoms with van der Waals surface area (Å²) in [5.41, 5.74) is 8.61. The summed E-state index contributed by atoms with van der Waals surface area (Å²) < 4.78 is 14.2. The molecule has 2 N–H and O–H groups in total. The number of nitrogens with two attached hydrogens (primary N) is 1. The van der Waals surface area contributed by atoms with E-state index in [0.717, 1.165) is 20.5 Å². The summed E-state index contributed by atoms with van der Waals surface area (Å²) in [5, 5.41) is 0. The molecule has 0 radical (unpaired) electrons. The van der Waals surface area contributed by atoms with Crippen LogP contribution in [0.1, 0.15) is 5.56 Å². The van der Waals surface area contributed by atoms with Crippen LogP contribution in [-0.2, 0) is 6.54 Å². The van der Waals surface area contributed by atoms with Gasteiger partial charge in [-0.25, -0.2) is 4.39 Å². The van der Waals surface area contributed by atoms with Crippen molar-refractivity contribution in [2.24, 2.45) is 0 Å². The second-order valence-electron chi connectivity index (χ2n) is 4.19. The number of halogens is 2. The fraction of sp³-hybridized carbons (Fsp3) is 0.143. The Morgan fingerprint density at radius 3 is 2.67 bits per heavy atom. The molecule has 0 unspecified atom stereocenters. The molecule has 0 aliphatic carbocycles. The van der Waals surface area contributed by atoms with Crippen molar-refractivity contribution in [3.05, 3.63) is 57.4 Å². The van der Waals surface area contributed by atoms with Gasteiger partial charge in [0.15, 0.2) is 0 Å². The van der Waals surface area contributed by atoms with E-state index in [2.05, 4.69) is 22.6 Å². The Labute approximate surface area is 120 Å². The molecule has 2 aromatic rings. The number of hydrogen-bond acceptors (Lipinski definition) is 2. The van der Waals surface area contributed by atoms with Gasteiger partial charge in [0.25, 0.3) is 0 Å². The van der Waals surface area contributed by atoms with Crippen molar-refractivity contribution in [1.82, 2.24) is 0 Å². The normalized spacial score (nSPS) is 10.4. The second kappa shape index (κ2) is 5.56. The van der Waals surface area contributed by atoms with Gasteiger partial charge in [-0.15, -0.1) is 0 Å². The first-order valence-corrected chi connectivity index (χ1v) is 6.65. The second-order valence-corrected chi connectivity index (χ2v) is 5.43. The number of hydrogen-bond donors (Lipinski definition) is 1. The highest BCUT2D eigenvalue weighted by atomic mass is 127. The quantitative estimate of drug-likeness (QED) is 0.672. The van der Waals surface area contributed by atoms with Gasteiger partial charge in [0.2, 0.25) is 0 Å². The Bertz CT molecular complexity index is 557. The van der Waals surface area contributed by atoms with Crippen LogP contribution in [0.4, 0.5) is 15.8 Å². The Balaban J connectivity index is 2.19. The number of nitrogens with zero attached hydrogens (tertiary/aromatic N) is 1. The molecular formula is C14H14FIN2. The Morgan fingerprint density at radius 2 is 2.00 bits per heavy atom. The third-order valence-electron chi connectivity index (χ3n) is 2.71. The average molecular weight is 356 g/mol. The minimum atomic E-state index is -0.212. The molecule has 2 aromatic carbocycles. The number of benzene rings is 2. The molecule has 0 aliphatic rings. The van der Waals surface area contributed by atoms with Crippen molar-refractivity contribution in [3.8, 4) is 0 Å². The molecule has 0 saturated heterocycles. The lowest BCUT2D eigenvalue weighted by Gasteiger charge is -2.21. The first kappa shape index (κ1) is 13.1. The van der Waals surface area contributed by atoms with Gasteiger partial charge in [-0.3, -0.25) is 0 Å². The van der Waals surface area contributed by atoms with Gasteiger partial charge in [-0.2, -0.15) is 0 Å². The monoisotopic (exact) mass is 356 g/mol. The van der Waals surface area contributed by atoms with Gasteiger partial charge in [-0.05, 0) is 58.5 Å². The summed E-state index contributed by atoms with van der Waals surface area (Å²) >= 11 is 2.23. The van der Waals surface area contributed by atoms with Gasteiger partial charge < -0.3 is 10.6 Å². The molecule has 0 atom stereocenters. The zero-order chi connectivity index (χ0) is 13.1. The molecule has 0 spiro atoms. The number of nitrogen functional groups attached to an aromatic ring is 1. The molecule has 18 heavy (non-hydrogen) atoms. The van der Waals surface area contributed by atoms with Crippen LogP contribution in [0.25, 0.3) is 0 Å². The summed E-state index contributed by atoms with van der Waals surface area (Å²) in [4.78, 5) is 2.01. The molecule has 94 valence electrons. The number of anilines is 2. The summed E-state index contributed by atoms with van der Waals surface area (Å²) in [6.07, 6.45) is 0. The standard InChI is InChI=1S/C14H14FIN2/c1-18(9-10-3-2-4-11(15)7-10)14-6-5-12(16)8-13(14)17/h2-8H,9,17H2,1H3. The Morgan fingerprint density at radius 1 is 1.22 bits per heavy atom.